The van der Waals surface area contributed by atoms with Crippen molar-refractivity contribution < 1.29 is 5.11 Å². The minimum Gasteiger partial charge on any atom is -0.505 e. The first-order chi connectivity index (χ1) is 9.19. The summed E-state index contributed by atoms with van der Waals surface area (Å²) in [5.74, 6) is -0.106. The van der Waals surface area contributed by atoms with Gasteiger partial charge in [-0.05, 0) is 18.2 Å². The molecule has 5 nitrogen and oxygen atoms in total. The van der Waals surface area contributed by atoms with Gasteiger partial charge < -0.3 is 9.67 Å². The van der Waals surface area contributed by atoms with Crippen LogP contribution in [0.4, 0.5) is 0 Å². The number of benzene rings is 1. The van der Waals surface area contributed by atoms with Crippen molar-refractivity contribution in [2.45, 2.75) is 0 Å². The number of nitriles is 1. The van der Waals surface area contributed by atoms with Gasteiger partial charge in [0.1, 0.15) is 6.07 Å². The molecule has 0 fully saturated rings. The van der Waals surface area contributed by atoms with E-state index in [9.17, 15) is 5.11 Å². The Hall–Kier alpha value is -2.87. The van der Waals surface area contributed by atoms with Crippen LogP contribution >= 0.6 is 0 Å². The lowest BCUT2D eigenvalue weighted by Gasteiger charge is -2.03. The lowest BCUT2D eigenvalue weighted by atomic mass is 10.1. The maximum Gasteiger partial charge on any atom is 0.151 e. The van der Waals surface area contributed by atoms with Crippen molar-refractivity contribution in [3.8, 4) is 23.1 Å². The number of aromatic hydroxyl groups is 1. The molecule has 92 valence electrons. The summed E-state index contributed by atoms with van der Waals surface area (Å²) in [6.07, 6.45) is 3.04. The van der Waals surface area contributed by atoms with Crippen molar-refractivity contribution in [3.05, 3.63) is 42.4 Å². The molecule has 2 heterocycles. The number of hydrogen-bond acceptors (Lipinski definition) is 4. The van der Waals surface area contributed by atoms with Gasteiger partial charge >= 0.3 is 0 Å². The molecule has 0 aliphatic rings. The van der Waals surface area contributed by atoms with Crippen LogP contribution in [0.15, 0.2) is 36.8 Å². The normalized spacial score (nSPS) is 10.5. The predicted octanol–water partition coefficient (Wildman–Crippen LogP) is 2.21. The second-order valence-corrected chi connectivity index (χ2v) is 4.26. The Morgan fingerprint density at radius 1 is 1.26 bits per heavy atom. The van der Waals surface area contributed by atoms with Crippen molar-refractivity contribution in [2.75, 3.05) is 0 Å². The molecule has 2 aromatic heterocycles. The first-order valence-corrected chi connectivity index (χ1v) is 5.69. The molecule has 3 rings (SSSR count). The highest BCUT2D eigenvalue weighted by molar-refractivity contribution is 5.81. The third-order valence-electron chi connectivity index (χ3n) is 3.02. The van der Waals surface area contributed by atoms with Crippen molar-refractivity contribution >= 4 is 11.0 Å². The van der Waals surface area contributed by atoms with Crippen LogP contribution < -0.4 is 0 Å². The van der Waals surface area contributed by atoms with E-state index in [0.29, 0.717) is 5.69 Å². The first kappa shape index (κ1) is 11.2. The number of aromatic nitrogens is 3. The fourth-order valence-electron chi connectivity index (χ4n) is 1.99. The molecule has 0 spiro atoms. The summed E-state index contributed by atoms with van der Waals surface area (Å²) < 4.78 is 1.93. The maximum atomic E-state index is 9.46. The van der Waals surface area contributed by atoms with E-state index in [4.69, 9.17) is 5.26 Å². The topological polar surface area (TPSA) is 74.7 Å². The zero-order valence-electron chi connectivity index (χ0n) is 10.2. The molecule has 0 amide bonds. The van der Waals surface area contributed by atoms with E-state index in [1.165, 1.54) is 6.20 Å². The minimum absolute atomic E-state index is 0.106. The van der Waals surface area contributed by atoms with Gasteiger partial charge in [-0.1, -0.05) is 6.07 Å². The van der Waals surface area contributed by atoms with E-state index >= 15 is 0 Å². The third kappa shape index (κ3) is 1.79. The Balaban J connectivity index is 2.16. The molecule has 0 bridgehead atoms. The molecule has 1 N–H and O–H groups in total. The molecule has 0 aliphatic heterocycles. The summed E-state index contributed by atoms with van der Waals surface area (Å²) in [5.41, 5.74) is 3.62. The molecule has 0 radical (unpaired) electrons. The summed E-state index contributed by atoms with van der Waals surface area (Å²) in [6.45, 7) is 0. The fourth-order valence-corrected chi connectivity index (χ4v) is 1.99. The SMILES string of the molecule is Cn1cnc2cc(-c3cc(C#N)c(O)cn3)ccc21. The second kappa shape index (κ2) is 4.10. The zero-order valence-corrected chi connectivity index (χ0v) is 10.2. The molecule has 0 saturated carbocycles. The molecule has 0 aliphatic carbocycles. The largest absolute Gasteiger partial charge is 0.505 e. The summed E-state index contributed by atoms with van der Waals surface area (Å²) in [7, 11) is 1.93. The lowest BCUT2D eigenvalue weighted by Crippen LogP contribution is -1.87. The number of fused-ring (bicyclic) bond motifs is 1. The summed E-state index contributed by atoms with van der Waals surface area (Å²) in [5, 5.41) is 18.4. The van der Waals surface area contributed by atoms with Crippen LogP contribution in [-0.4, -0.2) is 19.6 Å². The lowest BCUT2D eigenvalue weighted by molar-refractivity contribution is 0.471. The molecule has 5 heteroatoms. The number of hydrogen-bond donors (Lipinski definition) is 1. The van der Waals surface area contributed by atoms with E-state index in [2.05, 4.69) is 9.97 Å². The zero-order chi connectivity index (χ0) is 13.4. The van der Waals surface area contributed by atoms with Crippen LogP contribution in [0.25, 0.3) is 22.3 Å². The van der Waals surface area contributed by atoms with Gasteiger partial charge in [-0.3, -0.25) is 4.98 Å². The van der Waals surface area contributed by atoms with Gasteiger partial charge in [0, 0.05) is 12.6 Å². The Morgan fingerprint density at radius 2 is 2.11 bits per heavy atom. The molecule has 19 heavy (non-hydrogen) atoms. The van der Waals surface area contributed by atoms with E-state index < -0.39 is 0 Å². The quantitative estimate of drug-likeness (QED) is 0.718. The molecule has 3 aromatic rings. The van der Waals surface area contributed by atoms with Gasteiger partial charge in [0.15, 0.2) is 5.75 Å². The smallest absolute Gasteiger partial charge is 0.151 e. The molecule has 0 atom stereocenters. The van der Waals surface area contributed by atoms with E-state index in [1.807, 2.05) is 35.9 Å². The van der Waals surface area contributed by atoms with Gasteiger partial charge in [-0.2, -0.15) is 5.26 Å². The Bertz CT molecular complexity index is 814. The van der Waals surface area contributed by atoms with Crippen LogP contribution in [0.1, 0.15) is 5.56 Å². The number of imidazole rings is 1. The second-order valence-electron chi connectivity index (χ2n) is 4.26. The van der Waals surface area contributed by atoms with Gasteiger partial charge in [0.25, 0.3) is 0 Å². The average molecular weight is 250 g/mol. The Labute approximate surface area is 109 Å². The molecule has 1 aromatic carbocycles. The van der Waals surface area contributed by atoms with Crippen molar-refractivity contribution in [1.29, 1.82) is 5.26 Å². The summed E-state index contributed by atoms with van der Waals surface area (Å²) in [4.78, 5) is 8.42. The van der Waals surface area contributed by atoms with E-state index in [0.717, 1.165) is 16.6 Å². The summed E-state index contributed by atoms with van der Waals surface area (Å²) >= 11 is 0. The van der Waals surface area contributed by atoms with Crippen molar-refractivity contribution in [3.63, 3.8) is 0 Å². The van der Waals surface area contributed by atoms with Gasteiger partial charge in [-0.25, -0.2) is 4.98 Å². The standard InChI is InChI=1S/C14H10N4O/c1-18-8-17-12-4-9(2-3-13(12)18)11-5-10(6-15)14(19)7-16-11/h2-5,7-8,19H,1H3. The van der Waals surface area contributed by atoms with E-state index in [1.54, 1.807) is 12.4 Å². The predicted molar refractivity (Wildman–Crippen MR) is 70.3 cm³/mol. The number of pyridine rings is 1. The number of rotatable bonds is 1. The summed E-state index contributed by atoms with van der Waals surface area (Å²) in [6, 6.07) is 9.30. The highest BCUT2D eigenvalue weighted by atomic mass is 16.3. The number of aryl methyl sites for hydroxylation is 1. The first-order valence-electron chi connectivity index (χ1n) is 5.69. The minimum atomic E-state index is -0.106. The highest BCUT2D eigenvalue weighted by Crippen LogP contribution is 2.25. The molecule has 0 saturated heterocycles. The Kier molecular flexibility index (Phi) is 2.43. The van der Waals surface area contributed by atoms with E-state index in [-0.39, 0.29) is 11.3 Å². The Morgan fingerprint density at radius 3 is 2.89 bits per heavy atom. The number of nitrogens with zero attached hydrogens (tertiary/aromatic N) is 4. The van der Waals surface area contributed by atoms with Gasteiger partial charge in [0.05, 0.1) is 34.8 Å². The maximum absolute atomic E-state index is 9.46. The van der Waals surface area contributed by atoms with Crippen LogP contribution in [0.5, 0.6) is 5.75 Å². The third-order valence-corrected chi connectivity index (χ3v) is 3.02. The van der Waals surface area contributed by atoms with Gasteiger partial charge in [-0.15, -0.1) is 0 Å². The van der Waals surface area contributed by atoms with Crippen molar-refractivity contribution in [1.82, 2.24) is 14.5 Å². The van der Waals surface area contributed by atoms with Crippen molar-refractivity contribution in [2.24, 2.45) is 7.05 Å². The average Bonchev–Trinajstić information content (AvgIpc) is 2.80. The fraction of sp³-hybridized carbons (Fsp3) is 0.0714. The molecular weight excluding hydrogens is 240 g/mol. The van der Waals surface area contributed by atoms with Crippen LogP contribution in [0.2, 0.25) is 0 Å². The monoisotopic (exact) mass is 250 g/mol. The van der Waals surface area contributed by atoms with Crippen LogP contribution in [0.3, 0.4) is 0 Å². The highest BCUT2D eigenvalue weighted by Gasteiger charge is 2.07. The molecular formula is C14H10N4O. The van der Waals surface area contributed by atoms with Gasteiger partial charge in [0.2, 0.25) is 0 Å². The van der Waals surface area contributed by atoms with Crippen LogP contribution in [-0.2, 0) is 7.05 Å². The molecule has 0 unspecified atom stereocenters. The van der Waals surface area contributed by atoms with Crippen LogP contribution in [0, 0.1) is 11.3 Å².